The first-order chi connectivity index (χ1) is 8.31. The second-order valence-corrected chi connectivity index (χ2v) is 5.65. The Morgan fingerprint density at radius 2 is 2.12 bits per heavy atom. The second-order valence-electron chi connectivity index (χ2n) is 5.65. The highest BCUT2D eigenvalue weighted by Gasteiger charge is 2.43. The summed E-state index contributed by atoms with van der Waals surface area (Å²) in [5.41, 5.74) is 0. The third kappa shape index (κ3) is 1.81. The van der Waals surface area contributed by atoms with Crippen LogP contribution in [0.1, 0.15) is 38.5 Å². The van der Waals surface area contributed by atoms with Gasteiger partial charge in [0.05, 0.1) is 12.1 Å². The van der Waals surface area contributed by atoms with Gasteiger partial charge in [-0.05, 0) is 45.1 Å². The molecule has 0 aromatic heterocycles. The first-order valence-electron chi connectivity index (χ1n) is 6.97. The van der Waals surface area contributed by atoms with E-state index in [0.717, 1.165) is 18.8 Å². The van der Waals surface area contributed by atoms with Gasteiger partial charge >= 0.3 is 0 Å². The van der Waals surface area contributed by atoms with Gasteiger partial charge in [0.1, 0.15) is 0 Å². The summed E-state index contributed by atoms with van der Waals surface area (Å²) in [6.07, 6.45) is 11.5. The van der Waals surface area contributed by atoms with Crippen LogP contribution in [0.4, 0.5) is 0 Å². The lowest BCUT2D eigenvalue weighted by atomic mass is 9.94. The number of likely N-dealkylation sites (N-methyl/N-ethyl adjacent to an activating group) is 1. The number of nitrogens with one attached hydrogen (secondary N) is 1. The van der Waals surface area contributed by atoms with Crippen LogP contribution in [0, 0.1) is 5.92 Å². The van der Waals surface area contributed by atoms with Crippen molar-refractivity contribution in [3.05, 3.63) is 12.2 Å². The van der Waals surface area contributed by atoms with E-state index in [1.807, 2.05) is 7.05 Å². The molecule has 1 amide bonds. The first kappa shape index (κ1) is 11.3. The van der Waals surface area contributed by atoms with Crippen LogP contribution in [-0.2, 0) is 4.79 Å². The average Bonchev–Trinajstić information content (AvgIpc) is 2.67. The van der Waals surface area contributed by atoms with E-state index in [2.05, 4.69) is 22.4 Å². The maximum absolute atomic E-state index is 12.6. The van der Waals surface area contributed by atoms with Crippen LogP contribution < -0.4 is 5.32 Å². The number of carbonyl (C=O) groups excluding carboxylic acids is 1. The number of hydrogen-bond donors (Lipinski definition) is 1. The highest BCUT2D eigenvalue weighted by atomic mass is 16.2. The Kier molecular flexibility index (Phi) is 2.95. The molecular weight excluding hydrogens is 212 g/mol. The second kappa shape index (κ2) is 4.45. The summed E-state index contributed by atoms with van der Waals surface area (Å²) in [4.78, 5) is 14.8. The predicted octanol–water partition coefficient (Wildman–Crippen LogP) is 1.69. The fourth-order valence-electron chi connectivity index (χ4n) is 3.71. The van der Waals surface area contributed by atoms with Crippen LogP contribution in [0.15, 0.2) is 12.2 Å². The van der Waals surface area contributed by atoms with Crippen molar-refractivity contribution in [3.63, 3.8) is 0 Å². The number of carbonyl (C=O) groups is 1. The first-order valence-corrected chi connectivity index (χ1v) is 6.97. The van der Waals surface area contributed by atoms with Crippen molar-refractivity contribution in [2.75, 3.05) is 7.05 Å². The Morgan fingerprint density at radius 3 is 2.76 bits per heavy atom. The zero-order valence-corrected chi connectivity index (χ0v) is 10.6. The van der Waals surface area contributed by atoms with Crippen LogP contribution in [0.25, 0.3) is 0 Å². The molecule has 0 spiro atoms. The zero-order chi connectivity index (χ0) is 11.8. The molecular formula is C14H22N2O. The molecule has 3 aliphatic rings. The summed E-state index contributed by atoms with van der Waals surface area (Å²) in [6, 6.07) is 0.965. The molecule has 3 nitrogen and oxygen atoms in total. The Balaban J connectivity index is 1.87. The molecule has 3 heteroatoms. The minimum absolute atomic E-state index is 0.0506. The van der Waals surface area contributed by atoms with Gasteiger partial charge in [-0.1, -0.05) is 18.6 Å². The SMILES string of the molecule is CNC1CCC2CCCC2N(C2C=CC2)C1=O. The lowest BCUT2D eigenvalue weighted by molar-refractivity contribution is -0.137. The molecule has 2 fully saturated rings. The van der Waals surface area contributed by atoms with E-state index in [-0.39, 0.29) is 6.04 Å². The van der Waals surface area contributed by atoms with Gasteiger partial charge in [-0.15, -0.1) is 0 Å². The van der Waals surface area contributed by atoms with Crippen LogP contribution in [0.3, 0.4) is 0 Å². The predicted molar refractivity (Wildman–Crippen MR) is 67.6 cm³/mol. The molecule has 1 saturated carbocycles. The van der Waals surface area contributed by atoms with Gasteiger partial charge < -0.3 is 10.2 Å². The summed E-state index contributed by atoms with van der Waals surface area (Å²) < 4.78 is 0. The van der Waals surface area contributed by atoms with E-state index >= 15 is 0 Å². The molecule has 3 rings (SSSR count). The van der Waals surface area contributed by atoms with Gasteiger partial charge in [-0.2, -0.15) is 0 Å². The molecule has 1 N–H and O–H groups in total. The molecule has 94 valence electrons. The molecule has 1 aliphatic heterocycles. The van der Waals surface area contributed by atoms with Crippen molar-refractivity contribution >= 4 is 5.91 Å². The summed E-state index contributed by atoms with van der Waals surface area (Å²) in [6.45, 7) is 0. The van der Waals surface area contributed by atoms with Crippen molar-refractivity contribution in [2.24, 2.45) is 5.92 Å². The Bertz CT molecular complexity index is 339. The van der Waals surface area contributed by atoms with E-state index in [0.29, 0.717) is 18.0 Å². The Labute approximate surface area is 103 Å². The van der Waals surface area contributed by atoms with Gasteiger partial charge in [0.2, 0.25) is 5.91 Å². The minimum Gasteiger partial charge on any atom is -0.331 e. The summed E-state index contributed by atoms with van der Waals surface area (Å²) in [5.74, 6) is 1.10. The van der Waals surface area contributed by atoms with Crippen LogP contribution in [0.5, 0.6) is 0 Å². The third-order valence-corrected chi connectivity index (χ3v) is 4.80. The van der Waals surface area contributed by atoms with Crippen molar-refractivity contribution in [1.29, 1.82) is 0 Å². The molecule has 4 unspecified atom stereocenters. The molecule has 2 aliphatic carbocycles. The van der Waals surface area contributed by atoms with E-state index in [9.17, 15) is 4.79 Å². The van der Waals surface area contributed by atoms with Crippen LogP contribution >= 0.6 is 0 Å². The van der Waals surface area contributed by atoms with Gasteiger partial charge in [-0.25, -0.2) is 0 Å². The third-order valence-electron chi connectivity index (χ3n) is 4.80. The fourth-order valence-corrected chi connectivity index (χ4v) is 3.71. The van der Waals surface area contributed by atoms with Crippen LogP contribution in [0.2, 0.25) is 0 Å². The van der Waals surface area contributed by atoms with Crippen molar-refractivity contribution < 1.29 is 4.79 Å². The molecule has 0 aromatic carbocycles. The highest BCUT2D eigenvalue weighted by molar-refractivity contribution is 5.83. The van der Waals surface area contributed by atoms with E-state index in [1.54, 1.807) is 0 Å². The summed E-state index contributed by atoms with van der Waals surface area (Å²) in [7, 11) is 1.92. The molecule has 1 saturated heterocycles. The Hall–Kier alpha value is -0.830. The quantitative estimate of drug-likeness (QED) is 0.738. The number of amides is 1. The number of fused-ring (bicyclic) bond motifs is 1. The highest BCUT2D eigenvalue weighted by Crippen LogP contribution is 2.39. The largest absolute Gasteiger partial charge is 0.331 e. The van der Waals surface area contributed by atoms with Crippen molar-refractivity contribution in [2.45, 2.75) is 56.7 Å². The summed E-state index contributed by atoms with van der Waals surface area (Å²) in [5, 5.41) is 3.20. The molecule has 17 heavy (non-hydrogen) atoms. The van der Waals surface area contributed by atoms with Gasteiger partial charge in [0.15, 0.2) is 0 Å². The number of nitrogens with zero attached hydrogens (tertiary/aromatic N) is 1. The molecule has 0 radical (unpaired) electrons. The topological polar surface area (TPSA) is 32.3 Å². The van der Waals surface area contributed by atoms with Crippen molar-refractivity contribution in [3.8, 4) is 0 Å². The Morgan fingerprint density at radius 1 is 1.29 bits per heavy atom. The average molecular weight is 234 g/mol. The van der Waals surface area contributed by atoms with Crippen LogP contribution in [-0.4, -0.2) is 36.0 Å². The monoisotopic (exact) mass is 234 g/mol. The number of likely N-dealkylation sites (tertiary alicyclic amines) is 1. The van der Waals surface area contributed by atoms with E-state index in [4.69, 9.17) is 0 Å². The normalized spacial score (nSPS) is 41.0. The fraction of sp³-hybridized carbons (Fsp3) is 0.786. The smallest absolute Gasteiger partial charge is 0.240 e. The maximum Gasteiger partial charge on any atom is 0.240 e. The molecule has 0 aromatic rings. The minimum atomic E-state index is 0.0506. The lowest BCUT2D eigenvalue weighted by Crippen LogP contribution is -2.53. The summed E-state index contributed by atoms with van der Waals surface area (Å²) >= 11 is 0. The molecule has 0 bridgehead atoms. The molecule has 1 heterocycles. The van der Waals surface area contributed by atoms with Gasteiger partial charge in [-0.3, -0.25) is 4.79 Å². The standard InChI is InChI=1S/C14H22N2O/c1-15-12-9-8-10-4-2-7-13(10)16(14(12)17)11-5-3-6-11/h3,5,10-13,15H,2,4,6-9H2,1H3. The van der Waals surface area contributed by atoms with E-state index in [1.165, 1.54) is 25.7 Å². The lowest BCUT2D eigenvalue weighted by Gasteiger charge is -2.39. The van der Waals surface area contributed by atoms with Gasteiger partial charge in [0.25, 0.3) is 0 Å². The number of rotatable bonds is 2. The van der Waals surface area contributed by atoms with Crippen molar-refractivity contribution in [1.82, 2.24) is 10.2 Å². The van der Waals surface area contributed by atoms with Gasteiger partial charge in [0, 0.05) is 6.04 Å². The number of hydrogen-bond acceptors (Lipinski definition) is 2. The zero-order valence-electron chi connectivity index (χ0n) is 10.6. The molecule has 4 atom stereocenters. The maximum atomic E-state index is 12.6. The van der Waals surface area contributed by atoms with E-state index < -0.39 is 0 Å².